The lowest BCUT2D eigenvalue weighted by atomic mass is 9.90. The molecule has 2 amide bonds. The summed E-state index contributed by atoms with van der Waals surface area (Å²) in [5, 5.41) is 4.28. The quantitative estimate of drug-likeness (QED) is 0.577. The number of ether oxygens (including phenoxy) is 3. The smallest absolute Gasteiger partial charge is 0.410 e. The van der Waals surface area contributed by atoms with E-state index in [0.717, 1.165) is 25.7 Å². The molecule has 2 aromatic carbocycles. The number of benzene rings is 2. The van der Waals surface area contributed by atoms with E-state index in [0.29, 0.717) is 34.7 Å². The van der Waals surface area contributed by atoms with Crippen LogP contribution in [0.15, 0.2) is 48.5 Å². The number of amides is 2. The molecule has 0 radical (unpaired) electrons. The first-order valence-electron chi connectivity index (χ1n) is 11.0. The van der Waals surface area contributed by atoms with Crippen LogP contribution in [0.4, 0.5) is 4.79 Å². The SMILES string of the molecule is O=C(COc1ccc(Cl)cc1)NC1CCC(N2CC(COc3ccc(Cl)cc3)OC2=O)CC1. The molecule has 1 atom stereocenters. The van der Waals surface area contributed by atoms with Gasteiger partial charge in [-0.15, -0.1) is 0 Å². The predicted molar refractivity (Wildman–Crippen MR) is 125 cm³/mol. The Kier molecular flexibility index (Phi) is 7.83. The van der Waals surface area contributed by atoms with Gasteiger partial charge in [0.25, 0.3) is 5.91 Å². The van der Waals surface area contributed by atoms with Crippen LogP contribution in [-0.4, -0.2) is 54.8 Å². The molecule has 176 valence electrons. The summed E-state index contributed by atoms with van der Waals surface area (Å²) >= 11 is 11.7. The van der Waals surface area contributed by atoms with Crippen molar-refractivity contribution in [2.24, 2.45) is 0 Å². The molecule has 1 heterocycles. The lowest BCUT2D eigenvalue weighted by Crippen LogP contribution is -2.45. The molecule has 2 aromatic rings. The Morgan fingerprint density at radius 1 is 0.939 bits per heavy atom. The lowest BCUT2D eigenvalue weighted by molar-refractivity contribution is -0.124. The molecular weight excluding hydrogens is 467 g/mol. The molecule has 7 nitrogen and oxygen atoms in total. The van der Waals surface area contributed by atoms with Crippen molar-refractivity contribution in [3.63, 3.8) is 0 Å². The Morgan fingerprint density at radius 3 is 2.12 bits per heavy atom. The fraction of sp³-hybridized carbons (Fsp3) is 0.417. The zero-order valence-electron chi connectivity index (χ0n) is 18.0. The van der Waals surface area contributed by atoms with E-state index >= 15 is 0 Å². The number of halogens is 2. The van der Waals surface area contributed by atoms with Crippen LogP contribution in [0, 0.1) is 0 Å². The van der Waals surface area contributed by atoms with Gasteiger partial charge in [0.2, 0.25) is 0 Å². The molecule has 33 heavy (non-hydrogen) atoms. The molecule has 1 aliphatic heterocycles. The minimum atomic E-state index is -0.310. The molecule has 2 aliphatic rings. The minimum absolute atomic E-state index is 0.0463. The Morgan fingerprint density at radius 2 is 1.52 bits per heavy atom. The number of nitrogens with zero attached hydrogens (tertiary/aromatic N) is 1. The van der Waals surface area contributed by atoms with E-state index in [1.165, 1.54) is 0 Å². The molecule has 1 aliphatic carbocycles. The fourth-order valence-electron chi connectivity index (χ4n) is 4.13. The summed E-state index contributed by atoms with van der Waals surface area (Å²) in [7, 11) is 0. The van der Waals surface area contributed by atoms with E-state index in [-0.39, 0.29) is 36.8 Å². The van der Waals surface area contributed by atoms with Crippen molar-refractivity contribution in [3.8, 4) is 11.5 Å². The second-order valence-electron chi connectivity index (χ2n) is 8.24. The van der Waals surface area contributed by atoms with Gasteiger partial charge in [0.05, 0.1) is 6.54 Å². The van der Waals surface area contributed by atoms with Crippen LogP contribution in [0.25, 0.3) is 0 Å². The molecular formula is C24H26Cl2N2O5. The number of rotatable bonds is 8. The standard InChI is InChI=1S/C24H26Cl2N2O5/c25-16-1-9-20(10-2-16)31-14-22-13-28(24(30)33-22)19-7-5-18(6-8-19)27-23(29)15-32-21-11-3-17(26)4-12-21/h1-4,9-12,18-19,22H,5-8,13-15H2,(H,27,29). The van der Waals surface area contributed by atoms with E-state index in [2.05, 4.69) is 5.32 Å². The van der Waals surface area contributed by atoms with Gasteiger partial charge in [-0.3, -0.25) is 4.79 Å². The maximum Gasteiger partial charge on any atom is 0.410 e. The average molecular weight is 493 g/mol. The largest absolute Gasteiger partial charge is 0.490 e. The molecule has 1 unspecified atom stereocenters. The van der Waals surface area contributed by atoms with Crippen LogP contribution < -0.4 is 14.8 Å². The highest BCUT2D eigenvalue weighted by Gasteiger charge is 2.38. The van der Waals surface area contributed by atoms with E-state index in [4.69, 9.17) is 37.4 Å². The monoisotopic (exact) mass is 492 g/mol. The van der Waals surface area contributed by atoms with Crippen molar-refractivity contribution in [2.45, 2.75) is 43.9 Å². The Labute approximate surface area is 202 Å². The van der Waals surface area contributed by atoms with Gasteiger partial charge in [0.15, 0.2) is 12.7 Å². The van der Waals surface area contributed by atoms with Crippen molar-refractivity contribution in [3.05, 3.63) is 58.6 Å². The molecule has 0 spiro atoms. The summed E-state index contributed by atoms with van der Waals surface area (Å²) < 4.78 is 16.7. The summed E-state index contributed by atoms with van der Waals surface area (Å²) in [4.78, 5) is 26.4. The molecule has 1 saturated heterocycles. The summed E-state index contributed by atoms with van der Waals surface area (Å²) in [5.74, 6) is 1.12. The van der Waals surface area contributed by atoms with Crippen LogP contribution in [0.5, 0.6) is 11.5 Å². The average Bonchev–Trinajstić information content (AvgIpc) is 3.19. The van der Waals surface area contributed by atoms with Gasteiger partial charge < -0.3 is 24.4 Å². The third kappa shape index (κ3) is 6.68. The van der Waals surface area contributed by atoms with Gasteiger partial charge in [-0.05, 0) is 74.2 Å². The molecule has 0 bridgehead atoms. The van der Waals surface area contributed by atoms with Crippen molar-refractivity contribution in [1.82, 2.24) is 10.2 Å². The summed E-state index contributed by atoms with van der Waals surface area (Å²) in [6.07, 6.45) is 2.60. The van der Waals surface area contributed by atoms with Crippen LogP contribution in [0.2, 0.25) is 10.0 Å². The van der Waals surface area contributed by atoms with E-state index < -0.39 is 0 Å². The summed E-state index contributed by atoms with van der Waals surface area (Å²) in [5.41, 5.74) is 0. The van der Waals surface area contributed by atoms with Gasteiger partial charge in [0.1, 0.15) is 18.1 Å². The zero-order chi connectivity index (χ0) is 23.2. The first kappa shape index (κ1) is 23.5. The second kappa shape index (κ2) is 11.0. The summed E-state index contributed by atoms with van der Waals surface area (Å²) in [6, 6.07) is 14.1. The topological polar surface area (TPSA) is 77.1 Å². The minimum Gasteiger partial charge on any atom is -0.490 e. The molecule has 1 N–H and O–H groups in total. The normalized spacial score (nSPS) is 22.5. The molecule has 2 fully saturated rings. The van der Waals surface area contributed by atoms with Crippen LogP contribution in [0.3, 0.4) is 0 Å². The van der Waals surface area contributed by atoms with Crippen molar-refractivity contribution in [1.29, 1.82) is 0 Å². The Hall–Kier alpha value is -2.64. The Balaban J connectivity index is 1.16. The predicted octanol–water partition coefficient (Wildman–Crippen LogP) is 4.70. The number of carbonyl (C=O) groups is 2. The Bertz CT molecular complexity index is 946. The number of nitrogens with one attached hydrogen (secondary N) is 1. The fourth-order valence-corrected chi connectivity index (χ4v) is 4.38. The maximum absolute atomic E-state index is 12.4. The lowest BCUT2D eigenvalue weighted by Gasteiger charge is -2.33. The van der Waals surface area contributed by atoms with Crippen molar-refractivity contribution < 1.29 is 23.8 Å². The molecule has 4 rings (SSSR count). The zero-order valence-corrected chi connectivity index (χ0v) is 19.6. The van der Waals surface area contributed by atoms with Gasteiger partial charge in [-0.2, -0.15) is 0 Å². The van der Waals surface area contributed by atoms with E-state index in [1.807, 2.05) is 0 Å². The highest BCUT2D eigenvalue weighted by Crippen LogP contribution is 2.27. The van der Waals surface area contributed by atoms with Gasteiger partial charge in [0, 0.05) is 22.1 Å². The van der Waals surface area contributed by atoms with Gasteiger partial charge >= 0.3 is 6.09 Å². The first-order valence-corrected chi connectivity index (χ1v) is 11.8. The summed E-state index contributed by atoms with van der Waals surface area (Å²) in [6.45, 7) is 0.751. The van der Waals surface area contributed by atoms with Crippen LogP contribution in [-0.2, 0) is 9.53 Å². The van der Waals surface area contributed by atoms with Crippen molar-refractivity contribution >= 4 is 35.2 Å². The first-order chi connectivity index (χ1) is 16.0. The van der Waals surface area contributed by atoms with Crippen LogP contribution >= 0.6 is 23.2 Å². The third-order valence-corrected chi connectivity index (χ3v) is 6.34. The van der Waals surface area contributed by atoms with E-state index in [9.17, 15) is 9.59 Å². The highest BCUT2D eigenvalue weighted by atomic mass is 35.5. The van der Waals surface area contributed by atoms with Crippen LogP contribution in [0.1, 0.15) is 25.7 Å². The van der Waals surface area contributed by atoms with Gasteiger partial charge in [-0.25, -0.2) is 4.79 Å². The van der Waals surface area contributed by atoms with Crippen molar-refractivity contribution in [2.75, 3.05) is 19.8 Å². The van der Waals surface area contributed by atoms with Gasteiger partial charge in [-0.1, -0.05) is 23.2 Å². The second-order valence-corrected chi connectivity index (χ2v) is 9.11. The number of cyclic esters (lactones) is 1. The highest BCUT2D eigenvalue weighted by molar-refractivity contribution is 6.30. The number of hydrogen-bond acceptors (Lipinski definition) is 5. The third-order valence-electron chi connectivity index (χ3n) is 5.84. The number of hydrogen-bond donors (Lipinski definition) is 1. The molecule has 9 heteroatoms. The molecule has 1 saturated carbocycles. The molecule has 0 aromatic heterocycles. The number of carbonyl (C=O) groups excluding carboxylic acids is 2. The maximum atomic E-state index is 12.4. The van der Waals surface area contributed by atoms with E-state index in [1.54, 1.807) is 53.4 Å².